The van der Waals surface area contributed by atoms with Crippen molar-refractivity contribution >= 4 is 41.8 Å². The molecule has 0 rings (SSSR count). The third-order valence-corrected chi connectivity index (χ3v) is 0. The molecular formula is CH3NOSSn. The number of hydrogen-bond acceptors (Lipinski definition) is 1. The number of thiol groups is 1. The summed E-state index contributed by atoms with van der Waals surface area (Å²) in [5.74, 6) is 0. The Morgan fingerprint density at radius 2 is 1.80 bits per heavy atom. The molecule has 0 spiro atoms. The maximum Gasteiger partial charge on any atom is 0.273 e. The van der Waals surface area contributed by atoms with Crippen LogP contribution in [0.25, 0.3) is 0 Å². The van der Waals surface area contributed by atoms with Crippen LogP contribution in [0.4, 0.5) is 4.79 Å². The fraction of sp³-hybridized carbons (Fsp3) is 0. The van der Waals surface area contributed by atoms with Crippen molar-refractivity contribution in [2.75, 3.05) is 0 Å². The molecule has 2 N–H and O–H groups in total. The summed E-state index contributed by atoms with van der Waals surface area (Å²) < 4.78 is 0. The van der Waals surface area contributed by atoms with Gasteiger partial charge in [0.1, 0.15) is 0 Å². The van der Waals surface area contributed by atoms with E-state index in [1.54, 1.807) is 0 Å². The van der Waals surface area contributed by atoms with Crippen molar-refractivity contribution < 1.29 is 4.79 Å². The van der Waals surface area contributed by atoms with Gasteiger partial charge >= 0.3 is 0 Å². The number of carbonyl (C=O) groups excluding carboxylic acids is 1. The molecule has 4 heteroatoms. The first-order valence-electron chi connectivity index (χ1n) is 0.716. The molecule has 0 unspecified atom stereocenters. The van der Waals surface area contributed by atoms with E-state index in [1.165, 1.54) is 0 Å². The van der Waals surface area contributed by atoms with Crippen LogP contribution in [0.3, 0.4) is 0 Å². The van der Waals surface area contributed by atoms with Crippen LogP contribution in [0, 0.1) is 0 Å². The minimum absolute atomic E-state index is 0. The second kappa shape index (κ2) is 4.62. The monoisotopic (exact) mass is 197 g/mol. The van der Waals surface area contributed by atoms with Crippen molar-refractivity contribution in [1.29, 1.82) is 0 Å². The van der Waals surface area contributed by atoms with E-state index in [9.17, 15) is 0 Å². The average Bonchev–Trinajstić information content (AvgIpc) is 0.811. The molecule has 4 radical (unpaired) electrons. The standard InChI is InChI=1S/CH3NOS.Sn/c2-1(3)4;/h(H3,2,3,4);. The van der Waals surface area contributed by atoms with Crippen LogP contribution < -0.4 is 5.73 Å². The Labute approximate surface area is 52.5 Å². The minimum Gasteiger partial charge on any atom is -0.361 e. The van der Waals surface area contributed by atoms with Gasteiger partial charge in [0, 0.05) is 23.9 Å². The molecule has 0 aromatic carbocycles. The Hall–Kier alpha value is 0.619. The van der Waals surface area contributed by atoms with Crippen LogP contribution in [0.1, 0.15) is 0 Å². The minimum atomic E-state index is -0.639. The second-order valence-corrected chi connectivity index (χ2v) is 0.779. The Morgan fingerprint density at radius 3 is 1.80 bits per heavy atom. The van der Waals surface area contributed by atoms with Crippen LogP contribution in [-0.2, 0) is 0 Å². The van der Waals surface area contributed by atoms with Crippen LogP contribution >= 0.6 is 12.6 Å². The molecule has 1 amide bonds. The molecule has 0 aliphatic rings. The maximum absolute atomic E-state index is 9.09. The molecule has 0 saturated carbocycles. The molecule has 0 aliphatic heterocycles. The molecule has 0 aliphatic carbocycles. The van der Waals surface area contributed by atoms with Crippen molar-refractivity contribution in [2.45, 2.75) is 0 Å². The molecule has 0 saturated heterocycles. The number of rotatable bonds is 0. The van der Waals surface area contributed by atoms with Crippen molar-refractivity contribution in [2.24, 2.45) is 5.73 Å². The molecule has 0 atom stereocenters. The van der Waals surface area contributed by atoms with Gasteiger partial charge in [-0.3, -0.25) is 4.79 Å². The van der Waals surface area contributed by atoms with Crippen LogP contribution in [0.2, 0.25) is 0 Å². The Kier molecular flexibility index (Phi) is 8.46. The summed E-state index contributed by atoms with van der Waals surface area (Å²) in [4.78, 5) is 9.09. The zero-order chi connectivity index (χ0) is 3.58. The van der Waals surface area contributed by atoms with Crippen LogP contribution in [-0.4, -0.2) is 29.1 Å². The maximum atomic E-state index is 9.09. The van der Waals surface area contributed by atoms with Gasteiger partial charge in [-0.2, -0.15) is 0 Å². The molecule has 0 aromatic rings. The quantitative estimate of drug-likeness (QED) is 0.402. The zero-order valence-corrected chi connectivity index (χ0v) is 6.18. The van der Waals surface area contributed by atoms with E-state index in [2.05, 4.69) is 18.4 Å². The summed E-state index contributed by atoms with van der Waals surface area (Å²) in [6.07, 6.45) is 0. The number of primary amides is 1. The number of carbonyl (C=O) groups is 1. The third kappa shape index (κ3) is 82.7. The van der Waals surface area contributed by atoms with E-state index in [4.69, 9.17) is 4.79 Å². The molecule has 0 aromatic heterocycles. The largest absolute Gasteiger partial charge is 0.361 e. The SMILES string of the molecule is NC(=O)S.[Sn]. The van der Waals surface area contributed by atoms with E-state index in [0.29, 0.717) is 0 Å². The van der Waals surface area contributed by atoms with Crippen molar-refractivity contribution in [3.05, 3.63) is 0 Å². The number of amides is 1. The van der Waals surface area contributed by atoms with Gasteiger partial charge < -0.3 is 5.73 Å². The summed E-state index contributed by atoms with van der Waals surface area (Å²) in [5.41, 5.74) is 4.34. The molecular weight excluding hydrogens is 193 g/mol. The van der Waals surface area contributed by atoms with Gasteiger partial charge in [-0.25, -0.2) is 0 Å². The fourth-order valence-electron chi connectivity index (χ4n) is 0. The first-order valence-corrected chi connectivity index (χ1v) is 1.16. The summed E-state index contributed by atoms with van der Waals surface area (Å²) in [6.45, 7) is 0. The van der Waals surface area contributed by atoms with Gasteiger partial charge in [0.05, 0.1) is 0 Å². The van der Waals surface area contributed by atoms with Gasteiger partial charge in [-0.15, -0.1) is 0 Å². The molecule has 0 heterocycles. The van der Waals surface area contributed by atoms with E-state index >= 15 is 0 Å². The summed E-state index contributed by atoms with van der Waals surface area (Å²) in [6, 6.07) is 0. The normalized spacial score (nSPS) is 5.00. The van der Waals surface area contributed by atoms with Gasteiger partial charge in [0.15, 0.2) is 0 Å². The van der Waals surface area contributed by atoms with Gasteiger partial charge in [0.2, 0.25) is 0 Å². The van der Waals surface area contributed by atoms with Crippen LogP contribution in [0.5, 0.6) is 0 Å². The van der Waals surface area contributed by atoms with Crippen molar-refractivity contribution in [1.82, 2.24) is 0 Å². The average molecular weight is 196 g/mol. The summed E-state index contributed by atoms with van der Waals surface area (Å²) >= 11 is 3.10. The molecule has 5 heavy (non-hydrogen) atoms. The first-order chi connectivity index (χ1) is 1.73. The predicted molar refractivity (Wildman–Crippen MR) is 24.3 cm³/mol. The molecule has 0 fully saturated rings. The van der Waals surface area contributed by atoms with Crippen LogP contribution in [0.15, 0.2) is 0 Å². The zero-order valence-electron chi connectivity index (χ0n) is 2.43. The number of nitrogens with two attached hydrogens (primary N) is 1. The third-order valence-electron chi connectivity index (χ3n) is 0. The van der Waals surface area contributed by atoms with Gasteiger partial charge in [0.25, 0.3) is 5.24 Å². The Balaban J connectivity index is 0. The summed E-state index contributed by atoms with van der Waals surface area (Å²) in [7, 11) is 0. The van der Waals surface area contributed by atoms with E-state index in [0.717, 1.165) is 0 Å². The molecule has 0 bridgehead atoms. The van der Waals surface area contributed by atoms with Gasteiger partial charge in [-0.05, 0) is 0 Å². The van der Waals surface area contributed by atoms with Crippen molar-refractivity contribution in [3.8, 4) is 0 Å². The van der Waals surface area contributed by atoms with E-state index in [1.807, 2.05) is 0 Å². The summed E-state index contributed by atoms with van der Waals surface area (Å²) in [5, 5.41) is -0.639. The predicted octanol–water partition coefficient (Wildman–Crippen LogP) is -0.386. The first kappa shape index (κ1) is 9.15. The Morgan fingerprint density at radius 1 is 1.80 bits per heavy atom. The smallest absolute Gasteiger partial charge is 0.273 e. The van der Waals surface area contributed by atoms with Crippen molar-refractivity contribution in [3.63, 3.8) is 0 Å². The second-order valence-electron chi connectivity index (χ2n) is 0.338. The van der Waals surface area contributed by atoms with Gasteiger partial charge in [-0.1, -0.05) is 12.6 Å². The number of hydrogen-bond donors (Lipinski definition) is 2. The topological polar surface area (TPSA) is 43.1 Å². The Bertz CT molecular complexity index is 34.6. The molecule has 2 nitrogen and oxygen atoms in total. The van der Waals surface area contributed by atoms with E-state index < -0.39 is 5.24 Å². The fourth-order valence-corrected chi connectivity index (χ4v) is 0. The van der Waals surface area contributed by atoms with E-state index in [-0.39, 0.29) is 23.9 Å². The molecule has 28 valence electrons.